The van der Waals surface area contributed by atoms with Crippen LogP contribution in [-0.2, 0) is 28.1 Å². The van der Waals surface area contributed by atoms with Gasteiger partial charge in [0, 0.05) is 19.6 Å². The Bertz CT molecular complexity index is 1120. The van der Waals surface area contributed by atoms with E-state index in [0.29, 0.717) is 51.2 Å². The quantitative estimate of drug-likeness (QED) is 0.623. The van der Waals surface area contributed by atoms with E-state index in [2.05, 4.69) is 11.4 Å². The lowest BCUT2D eigenvalue weighted by atomic mass is 9.72. The molecule has 0 bridgehead atoms. The predicted molar refractivity (Wildman–Crippen MR) is 142 cm³/mol. The van der Waals surface area contributed by atoms with Gasteiger partial charge in [-0.2, -0.15) is 0 Å². The lowest BCUT2D eigenvalue weighted by Crippen LogP contribution is -2.65. The van der Waals surface area contributed by atoms with Gasteiger partial charge in [0.2, 0.25) is 11.8 Å². The van der Waals surface area contributed by atoms with Crippen LogP contribution in [0.3, 0.4) is 0 Å². The Kier molecular flexibility index (Phi) is 7.49. The number of primary amides is 1. The minimum absolute atomic E-state index is 0.00176. The van der Waals surface area contributed by atoms with Crippen molar-refractivity contribution >= 4 is 17.8 Å². The Morgan fingerprint density at radius 2 is 1.65 bits per heavy atom. The first-order valence-electron chi connectivity index (χ1n) is 13.7. The van der Waals surface area contributed by atoms with E-state index in [1.807, 2.05) is 53.4 Å². The summed E-state index contributed by atoms with van der Waals surface area (Å²) in [6.45, 7) is 1.37. The van der Waals surface area contributed by atoms with E-state index in [1.54, 1.807) is 4.90 Å². The number of piperidine rings is 1. The van der Waals surface area contributed by atoms with Crippen LogP contribution in [0.4, 0.5) is 4.79 Å². The summed E-state index contributed by atoms with van der Waals surface area (Å²) in [6, 6.07) is 17.0. The molecule has 1 spiro atoms. The molecule has 1 saturated heterocycles. The zero-order valence-corrected chi connectivity index (χ0v) is 21.5. The Morgan fingerprint density at radius 3 is 2.35 bits per heavy atom. The number of nitrogens with zero attached hydrogens (tertiary/aromatic N) is 2. The fourth-order valence-corrected chi connectivity index (χ4v) is 6.80. The molecule has 7 nitrogen and oxygen atoms in total. The average molecular weight is 503 g/mol. The highest BCUT2D eigenvalue weighted by Crippen LogP contribution is 2.46. The smallest absolute Gasteiger partial charge is 0.314 e. The molecule has 1 saturated carbocycles. The van der Waals surface area contributed by atoms with Crippen molar-refractivity contribution in [2.75, 3.05) is 13.1 Å². The van der Waals surface area contributed by atoms with Crippen LogP contribution in [0, 0.1) is 5.92 Å². The van der Waals surface area contributed by atoms with Crippen LogP contribution in [0.1, 0.15) is 68.1 Å². The van der Waals surface area contributed by atoms with Crippen LogP contribution in [0.15, 0.2) is 54.6 Å². The standard InChI is InChI=1S/C30H38N4O3/c31-29(37)33-17-15-30(16-18-33)25-14-8-7-13-24(25)20-27(35)34(30)26(19-22-9-3-1-4-10-22)28(36)32-21-23-11-5-2-6-12-23/h2,5-8,11-14,22,26H,1,3-4,9-10,15-21H2,(H2,31,37)(H,32,36). The number of urea groups is 1. The normalized spacial score (nSPS) is 20.4. The van der Waals surface area contributed by atoms with E-state index >= 15 is 0 Å². The Hall–Kier alpha value is -3.35. The lowest BCUT2D eigenvalue weighted by Gasteiger charge is -2.54. The van der Waals surface area contributed by atoms with Crippen LogP contribution in [0.25, 0.3) is 0 Å². The van der Waals surface area contributed by atoms with E-state index in [0.717, 1.165) is 29.5 Å². The first-order valence-corrected chi connectivity index (χ1v) is 13.7. The zero-order valence-electron chi connectivity index (χ0n) is 21.5. The molecule has 196 valence electrons. The highest BCUT2D eigenvalue weighted by molar-refractivity contribution is 5.90. The van der Waals surface area contributed by atoms with Gasteiger partial charge in [0.1, 0.15) is 6.04 Å². The first-order chi connectivity index (χ1) is 18.0. The van der Waals surface area contributed by atoms with E-state index in [1.165, 1.54) is 19.3 Å². The molecule has 2 heterocycles. The minimum Gasteiger partial charge on any atom is -0.351 e. The van der Waals surface area contributed by atoms with Gasteiger partial charge in [0.05, 0.1) is 12.0 Å². The van der Waals surface area contributed by atoms with Crippen molar-refractivity contribution in [1.29, 1.82) is 0 Å². The Morgan fingerprint density at radius 1 is 0.973 bits per heavy atom. The zero-order chi connectivity index (χ0) is 25.8. The number of nitrogens with two attached hydrogens (primary N) is 1. The number of hydrogen-bond donors (Lipinski definition) is 2. The second-order valence-electron chi connectivity index (χ2n) is 10.9. The maximum Gasteiger partial charge on any atom is 0.314 e. The molecule has 0 radical (unpaired) electrons. The largest absolute Gasteiger partial charge is 0.351 e. The molecule has 1 unspecified atom stereocenters. The van der Waals surface area contributed by atoms with Crippen LogP contribution in [0.5, 0.6) is 0 Å². The molecule has 7 heteroatoms. The monoisotopic (exact) mass is 502 g/mol. The van der Waals surface area contributed by atoms with Crippen molar-refractivity contribution in [3.63, 3.8) is 0 Å². The summed E-state index contributed by atoms with van der Waals surface area (Å²) >= 11 is 0. The van der Waals surface area contributed by atoms with Gasteiger partial charge < -0.3 is 20.9 Å². The van der Waals surface area contributed by atoms with Crippen LogP contribution >= 0.6 is 0 Å². The number of nitrogens with one attached hydrogen (secondary N) is 1. The van der Waals surface area contributed by atoms with E-state index < -0.39 is 17.6 Å². The van der Waals surface area contributed by atoms with Crippen LogP contribution < -0.4 is 11.1 Å². The number of hydrogen-bond acceptors (Lipinski definition) is 3. The fourth-order valence-electron chi connectivity index (χ4n) is 6.80. The van der Waals surface area contributed by atoms with Gasteiger partial charge in [-0.05, 0) is 41.9 Å². The molecule has 2 aromatic carbocycles. The SMILES string of the molecule is NC(=O)N1CCC2(CC1)c1ccccc1CC(=O)N2C(CC1CCCCC1)C(=O)NCc1ccccc1. The molecular weight excluding hydrogens is 464 g/mol. The van der Waals surface area contributed by atoms with Crippen molar-refractivity contribution in [3.05, 3.63) is 71.3 Å². The minimum atomic E-state index is -0.624. The van der Waals surface area contributed by atoms with Crippen molar-refractivity contribution in [2.24, 2.45) is 11.7 Å². The summed E-state index contributed by atoms with van der Waals surface area (Å²) in [6.07, 6.45) is 7.92. The van der Waals surface area contributed by atoms with Crippen LogP contribution in [-0.4, -0.2) is 46.8 Å². The number of amides is 4. The number of carbonyl (C=O) groups is 3. The fraction of sp³-hybridized carbons (Fsp3) is 0.500. The molecule has 2 aliphatic heterocycles. The van der Waals surface area contributed by atoms with Gasteiger partial charge in [-0.1, -0.05) is 86.7 Å². The van der Waals surface area contributed by atoms with Crippen molar-refractivity contribution in [1.82, 2.24) is 15.1 Å². The third-order valence-corrected chi connectivity index (χ3v) is 8.70. The summed E-state index contributed by atoms with van der Waals surface area (Å²) in [7, 11) is 0. The van der Waals surface area contributed by atoms with Gasteiger partial charge in [-0.3, -0.25) is 9.59 Å². The second-order valence-corrected chi connectivity index (χ2v) is 10.9. The summed E-state index contributed by atoms with van der Waals surface area (Å²) < 4.78 is 0. The third kappa shape index (κ3) is 5.22. The highest BCUT2D eigenvalue weighted by atomic mass is 16.2. The second kappa shape index (κ2) is 11.0. The topological polar surface area (TPSA) is 95.7 Å². The molecule has 1 aliphatic carbocycles. The van der Waals surface area contributed by atoms with Crippen molar-refractivity contribution in [3.8, 4) is 0 Å². The Balaban J connectivity index is 1.50. The van der Waals surface area contributed by atoms with Gasteiger partial charge in [0.25, 0.3) is 0 Å². The summed E-state index contributed by atoms with van der Waals surface area (Å²) in [5.74, 6) is 0.342. The molecule has 1 atom stereocenters. The molecule has 2 aromatic rings. The average Bonchev–Trinajstić information content (AvgIpc) is 2.92. The molecule has 3 N–H and O–H groups in total. The molecule has 0 aromatic heterocycles. The summed E-state index contributed by atoms with van der Waals surface area (Å²) in [4.78, 5) is 43.4. The van der Waals surface area contributed by atoms with E-state index in [9.17, 15) is 14.4 Å². The number of likely N-dealkylation sites (tertiary alicyclic amines) is 1. The number of benzene rings is 2. The van der Waals surface area contributed by atoms with Gasteiger partial charge >= 0.3 is 6.03 Å². The molecule has 3 aliphatic rings. The number of rotatable bonds is 6. The molecule has 2 fully saturated rings. The van der Waals surface area contributed by atoms with Gasteiger partial charge in [0.15, 0.2) is 0 Å². The number of carbonyl (C=O) groups excluding carboxylic acids is 3. The predicted octanol–water partition coefficient (Wildman–Crippen LogP) is 4.10. The van der Waals surface area contributed by atoms with Crippen LogP contribution in [0.2, 0.25) is 0 Å². The maximum atomic E-state index is 14.0. The maximum absolute atomic E-state index is 14.0. The lowest BCUT2D eigenvalue weighted by molar-refractivity contribution is -0.153. The van der Waals surface area contributed by atoms with Crippen molar-refractivity contribution in [2.45, 2.75) is 75.9 Å². The first kappa shape index (κ1) is 25.3. The summed E-state index contributed by atoms with van der Waals surface area (Å²) in [5.41, 5.74) is 8.16. The highest BCUT2D eigenvalue weighted by Gasteiger charge is 2.52. The van der Waals surface area contributed by atoms with E-state index in [4.69, 9.17) is 5.73 Å². The van der Waals surface area contributed by atoms with Gasteiger partial charge in [-0.15, -0.1) is 0 Å². The molecular formula is C30H38N4O3. The molecule has 4 amide bonds. The Labute approximate surface area is 219 Å². The molecule has 37 heavy (non-hydrogen) atoms. The number of fused-ring (bicyclic) bond motifs is 2. The summed E-state index contributed by atoms with van der Waals surface area (Å²) in [5, 5.41) is 3.16. The van der Waals surface area contributed by atoms with E-state index in [-0.39, 0.29) is 11.8 Å². The van der Waals surface area contributed by atoms with Crippen molar-refractivity contribution < 1.29 is 14.4 Å². The molecule has 5 rings (SSSR count). The third-order valence-electron chi connectivity index (χ3n) is 8.70. The van der Waals surface area contributed by atoms with Gasteiger partial charge in [-0.25, -0.2) is 4.79 Å².